The van der Waals surface area contributed by atoms with Gasteiger partial charge in [0.25, 0.3) is 0 Å². The van der Waals surface area contributed by atoms with Crippen molar-refractivity contribution in [3.05, 3.63) is 0 Å². The van der Waals surface area contributed by atoms with E-state index in [4.69, 9.17) is 11.5 Å². The highest BCUT2D eigenvalue weighted by atomic mass is 16.4. The molecule has 0 saturated carbocycles. The number of hydrogen-bond donors (Lipinski definition) is 6. The summed E-state index contributed by atoms with van der Waals surface area (Å²) in [4.78, 5) is 58.9. The second-order valence-electron chi connectivity index (χ2n) is 6.80. The summed E-state index contributed by atoms with van der Waals surface area (Å²) in [6.45, 7) is 6.30. The molecule has 0 rings (SSSR count). The molecule has 160 valence electrons. The largest absolute Gasteiger partial charge is 0.480 e. The van der Waals surface area contributed by atoms with Gasteiger partial charge in [0, 0.05) is 6.42 Å². The van der Waals surface area contributed by atoms with E-state index in [0.29, 0.717) is 6.42 Å². The summed E-state index contributed by atoms with van der Waals surface area (Å²) in [7, 11) is 0. The minimum atomic E-state index is -1.21. The monoisotopic (exact) mass is 401 g/mol. The molecule has 4 amide bonds. The molecule has 0 aromatic rings. The minimum Gasteiger partial charge on any atom is -0.480 e. The van der Waals surface area contributed by atoms with Crippen LogP contribution in [0.25, 0.3) is 0 Å². The van der Waals surface area contributed by atoms with E-state index in [1.54, 1.807) is 13.8 Å². The molecule has 0 aromatic carbocycles. The van der Waals surface area contributed by atoms with Gasteiger partial charge in [-0.3, -0.25) is 19.2 Å². The highest BCUT2D eigenvalue weighted by Crippen LogP contribution is 2.09. The number of primary amides is 1. The fraction of sp³-hybridized carbons (Fsp3) is 0.706. The van der Waals surface area contributed by atoms with Crippen LogP contribution in [0.2, 0.25) is 0 Å². The number of hydrogen-bond acceptors (Lipinski definition) is 6. The first-order valence-electron chi connectivity index (χ1n) is 9.08. The first-order chi connectivity index (χ1) is 12.9. The lowest BCUT2D eigenvalue weighted by atomic mass is 9.98. The van der Waals surface area contributed by atoms with Crippen LogP contribution in [0.1, 0.15) is 47.0 Å². The topological polar surface area (TPSA) is 194 Å². The second kappa shape index (κ2) is 11.9. The van der Waals surface area contributed by atoms with Gasteiger partial charge >= 0.3 is 5.97 Å². The standard InChI is InChI=1S/C17H31N5O6/c1-5-8(2)13(17(27)28)22-16(26)11(6-7-12(19)23)21-15(25)10(4)20-14(24)9(3)18/h8-11,13H,5-7,18H2,1-4H3,(H2,19,23)(H,20,24)(H,21,25)(H,22,26)(H,27,28). The molecular weight excluding hydrogens is 370 g/mol. The Kier molecular flexibility index (Phi) is 10.8. The Hall–Kier alpha value is -2.69. The zero-order valence-corrected chi connectivity index (χ0v) is 16.7. The summed E-state index contributed by atoms with van der Waals surface area (Å²) in [5, 5.41) is 16.5. The molecule has 0 aliphatic heterocycles. The molecule has 0 aromatic heterocycles. The third-order valence-electron chi connectivity index (χ3n) is 4.25. The number of carbonyl (C=O) groups excluding carboxylic acids is 4. The molecule has 0 spiro atoms. The van der Waals surface area contributed by atoms with Crippen molar-refractivity contribution in [1.29, 1.82) is 0 Å². The van der Waals surface area contributed by atoms with Crippen molar-refractivity contribution in [2.45, 2.75) is 71.1 Å². The van der Waals surface area contributed by atoms with E-state index in [9.17, 15) is 29.1 Å². The highest BCUT2D eigenvalue weighted by molar-refractivity contribution is 5.94. The summed E-state index contributed by atoms with van der Waals surface area (Å²) >= 11 is 0. The van der Waals surface area contributed by atoms with Crippen molar-refractivity contribution in [2.24, 2.45) is 17.4 Å². The molecular formula is C17H31N5O6. The van der Waals surface area contributed by atoms with Crippen LogP contribution in [0.3, 0.4) is 0 Å². The summed E-state index contributed by atoms with van der Waals surface area (Å²) < 4.78 is 0. The minimum absolute atomic E-state index is 0.117. The van der Waals surface area contributed by atoms with Crippen LogP contribution >= 0.6 is 0 Å². The molecule has 5 atom stereocenters. The molecule has 0 aliphatic rings. The molecule has 11 heteroatoms. The van der Waals surface area contributed by atoms with Gasteiger partial charge < -0.3 is 32.5 Å². The normalized spacial score (nSPS) is 16.0. The Balaban J connectivity index is 5.21. The summed E-state index contributed by atoms with van der Waals surface area (Å²) in [5.41, 5.74) is 10.5. The lowest BCUT2D eigenvalue weighted by Crippen LogP contribution is -2.57. The number of amides is 4. The van der Waals surface area contributed by atoms with Crippen LogP contribution in [-0.2, 0) is 24.0 Å². The molecule has 0 radical (unpaired) electrons. The van der Waals surface area contributed by atoms with Crippen molar-refractivity contribution in [3.8, 4) is 0 Å². The predicted molar refractivity (Wildman–Crippen MR) is 101 cm³/mol. The Morgan fingerprint density at radius 3 is 1.93 bits per heavy atom. The zero-order chi connectivity index (χ0) is 22.0. The summed E-state index contributed by atoms with van der Waals surface area (Å²) in [6, 6.07) is -4.16. The maximum Gasteiger partial charge on any atom is 0.326 e. The molecule has 28 heavy (non-hydrogen) atoms. The molecule has 0 fully saturated rings. The predicted octanol–water partition coefficient (Wildman–Crippen LogP) is -1.80. The summed E-state index contributed by atoms with van der Waals surface area (Å²) in [6.07, 6.45) is 0.198. The highest BCUT2D eigenvalue weighted by Gasteiger charge is 2.30. The van der Waals surface area contributed by atoms with Crippen molar-refractivity contribution < 1.29 is 29.1 Å². The van der Waals surface area contributed by atoms with Gasteiger partial charge in [0.2, 0.25) is 23.6 Å². The first-order valence-corrected chi connectivity index (χ1v) is 9.08. The van der Waals surface area contributed by atoms with Gasteiger partial charge in [-0.2, -0.15) is 0 Å². The Bertz CT molecular complexity index is 595. The Morgan fingerprint density at radius 1 is 0.929 bits per heavy atom. The van der Waals surface area contributed by atoms with Gasteiger partial charge in [-0.05, 0) is 26.2 Å². The quantitative estimate of drug-likeness (QED) is 0.222. The van der Waals surface area contributed by atoms with Crippen molar-refractivity contribution in [1.82, 2.24) is 16.0 Å². The molecule has 0 bridgehead atoms. The van der Waals surface area contributed by atoms with E-state index < -0.39 is 53.8 Å². The van der Waals surface area contributed by atoms with Gasteiger partial charge in [0.1, 0.15) is 18.1 Å². The van der Waals surface area contributed by atoms with E-state index in [2.05, 4.69) is 16.0 Å². The smallest absolute Gasteiger partial charge is 0.326 e. The number of aliphatic carboxylic acids is 1. The average molecular weight is 401 g/mol. The third-order valence-corrected chi connectivity index (χ3v) is 4.25. The van der Waals surface area contributed by atoms with Crippen LogP contribution in [0.4, 0.5) is 0 Å². The van der Waals surface area contributed by atoms with Gasteiger partial charge in [-0.15, -0.1) is 0 Å². The molecule has 0 heterocycles. The van der Waals surface area contributed by atoms with Crippen LogP contribution < -0.4 is 27.4 Å². The lowest BCUT2D eigenvalue weighted by Gasteiger charge is -2.25. The van der Waals surface area contributed by atoms with Crippen LogP contribution in [0, 0.1) is 5.92 Å². The fourth-order valence-electron chi connectivity index (χ4n) is 2.20. The van der Waals surface area contributed by atoms with Crippen LogP contribution in [0.5, 0.6) is 0 Å². The van der Waals surface area contributed by atoms with Gasteiger partial charge in [-0.25, -0.2) is 4.79 Å². The molecule has 8 N–H and O–H groups in total. The number of carboxylic acids is 1. The third kappa shape index (κ3) is 8.80. The van der Waals surface area contributed by atoms with Crippen molar-refractivity contribution in [2.75, 3.05) is 0 Å². The zero-order valence-electron chi connectivity index (χ0n) is 16.7. The summed E-state index contributed by atoms with van der Waals surface area (Å²) in [5.74, 6) is -4.23. The molecule has 5 unspecified atom stereocenters. The number of nitrogens with two attached hydrogens (primary N) is 2. The molecule has 0 aliphatic carbocycles. The van der Waals surface area contributed by atoms with E-state index in [1.165, 1.54) is 13.8 Å². The van der Waals surface area contributed by atoms with E-state index >= 15 is 0 Å². The molecule has 11 nitrogen and oxygen atoms in total. The van der Waals surface area contributed by atoms with E-state index in [-0.39, 0.29) is 18.8 Å². The van der Waals surface area contributed by atoms with Crippen molar-refractivity contribution >= 4 is 29.6 Å². The maximum atomic E-state index is 12.5. The number of rotatable bonds is 12. The fourth-order valence-corrected chi connectivity index (χ4v) is 2.20. The van der Waals surface area contributed by atoms with E-state index in [0.717, 1.165) is 0 Å². The molecule has 0 saturated heterocycles. The Morgan fingerprint density at radius 2 is 1.50 bits per heavy atom. The van der Waals surface area contributed by atoms with E-state index in [1.807, 2.05) is 0 Å². The second-order valence-corrected chi connectivity index (χ2v) is 6.80. The average Bonchev–Trinajstić information content (AvgIpc) is 2.61. The van der Waals surface area contributed by atoms with Gasteiger partial charge in [0.05, 0.1) is 6.04 Å². The number of carboxylic acid groups (broad SMARTS) is 1. The Labute approximate surface area is 164 Å². The van der Waals surface area contributed by atoms with Gasteiger partial charge in [0.15, 0.2) is 0 Å². The van der Waals surface area contributed by atoms with Crippen LogP contribution in [0.15, 0.2) is 0 Å². The van der Waals surface area contributed by atoms with Crippen LogP contribution in [-0.4, -0.2) is 58.9 Å². The maximum absolute atomic E-state index is 12.5. The first kappa shape index (κ1) is 25.3. The van der Waals surface area contributed by atoms with Gasteiger partial charge in [-0.1, -0.05) is 20.3 Å². The SMILES string of the molecule is CCC(C)C(NC(=O)C(CCC(N)=O)NC(=O)C(C)NC(=O)C(C)N)C(=O)O. The number of carbonyl (C=O) groups is 5. The van der Waals surface area contributed by atoms with Crippen molar-refractivity contribution in [3.63, 3.8) is 0 Å². The number of nitrogens with one attached hydrogen (secondary N) is 3. The lowest BCUT2D eigenvalue weighted by molar-refractivity contribution is -0.144.